The summed E-state index contributed by atoms with van der Waals surface area (Å²) in [4.78, 5) is 14.5. The van der Waals surface area contributed by atoms with Crippen LogP contribution in [0, 0.1) is 0 Å². The Kier molecular flexibility index (Phi) is 6.23. The fraction of sp³-hybridized carbons (Fsp3) is 0.294. The number of H-pyrrole nitrogens is 1. The molecule has 0 unspecified atom stereocenters. The molecule has 0 saturated carbocycles. The molecule has 0 atom stereocenters. The van der Waals surface area contributed by atoms with E-state index in [0.29, 0.717) is 23.8 Å². The number of hydrogen-bond acceptors (Lipinski definition) is 4. The lowest BCUT2D eigenvalue weighted by atomic mass is 10.2. The molecule has 1 aromatic carbocycles. The minimum atomic E-state index is -0.294. The zero-order valence-corrected chi connectivity index (χ0v) is 13.3. The van der Waals surface area contributed by atoms with Gasteiger partial charge in [-0.3, -0.25) is 4.79 Å². The second kappa shape index (κ2) is 8.63. The van der Waals surface area contributed by atoms with Crippen LogP contribution in [0.4, 0.5) is 0 Å². The number of carbonyl (C=O) groups excluding carboxylic acids is 1. The van der Waals surface area contributed by atoms with Gasteiger partial charge in [-0.25, -0.2) is 5.43 Å². The largest absolute Gasteiger partial charge is 0.493 e. The number of amides is 1. The van der Waals surface area contributed by atoms with E-state index in [1.165, 1.54) is 0 Å². The fourth-order valence-electron chi connectivity index (χ4n) is 1.91. The van der Waals surface area contributed by atoms with E-state index >= 15 is 0 Å². The van der Waals surface area contributed by atoms with E-state index in [2.05, 4.69) is 22.4 Å². The normalized spacial score (nSPS) is 10.7. The van der Waals surface area contributed by atoms with Gasteiger partial charge in [-0.05, 0) is 42.3 Å². The van der Waals surface area contributed by atoms with Crippen molar-refractivity contribution in [1.29, 1.82) is 0 Å². The minimum Gasteiger partial charge on any atom is -0.493 e. The number of hydrazone groups is 1. The summed E-state index contributed by atoms with van der Waals surface area (Å²) in [5.74, 6) is 1.05. The highest BCUT2D eigenvalue weighted by molar-refractivity contribution is 5.93. The molecule has 1 aromatic heterocycles. The van der Waals surface area contributed by atoms with Crippen LogP contribution in [-0.4, -0.2) is 30.8 Å². The van der Waals surface area contributed by atoms with Crippen molar-refractivity contribution in [2.24, 2.45) is 5.10 Å². The Balaban J connectivity index is 1.97. The third-order valence-electron chi connectivity index (χ3n) is 3.17. The molecule has 0 aliphatic heterocycles. The molecule has 1 amide bonds. The highest BCUT2D eigenvalue weighted by Crippen LogP contribution is 2.27. The number of benzene rings is 1. The highest BCUT2D eigenvalue weighted by atomic mass is 16.5. The Hall–Kier alpha value is -2.76. The molecule has 122 valence electrons. The second-order valence-electron chi connectivity index (χ2n) is 4.90. The van der Waals surface area contributed by atoms with Crippen LogP contribution in [0.3, 0.4) is 0 Å². The summed E-state index contributed by atoms with van der Waals surface area (Å²) in [6, 6.07) is 8.93. The first kappa shape index (κ1) is 16.6. The number of rotatable bonds is 8. The third-order valence-corrected chi connectivity index (χ3v) is 3.17. The van der Waals surface area contributed by atoms with Crippen molar-refractivity contribution in [3.05, 3.63) is 47.8 Å². The van der Waals surface area contributed by atoms with Gasteiger partial charge in [-0.15, -0.1) is 0 Å². The van der Waals surface area contributed by atoms with Crippen molar-refractivity contribution in [3.63, 3.8) is 0 Å². The van der Waals surface area contributed by atoms with Crippen LogP contribution in [0.5, 0.6) is 11.5 Å². The van der Waals surface area contributed by atoms with Crippen molar-refractivity contribution in [2.45, 2.75) is 19.8 Å². The molecule has 2 N–H and O–H groups in total. The maximum atomic E-state index is 11.7. The Morgan fingerprint density at radius 1 is 1.35 bits per heavy atom. The number of nitrogens with one attached hydrogen (secondary N) is 2. The molecular weight excluding hydrogens is 294 g/mol. The van der Waals surface area contributed by atoms with Crippen LogP contribution < -0.4 is 14.9 Å². The lowest BCUT2D eigenvalue weighted by molar-refractivity contribution is 0.0951. The monoisotopic (exact) mass is 315 g/mol. The molecule has 0 spiro atoms. The summed E-state index contributed by atoms with van der Waals surface area (Å²) in [5, 5.41) is 3.94. The molecule has 0 aliphatic carbocycles. The summed E-state index contributed by atoms with van der Waals surface area (Å²) in [6.45, 7) is 2.77. The molecule has 1 heterocycles. The van der Waals surface area contributed by atoms with Gasteiger partial charge in [0.1, 0.15) is 5.69 Å². The lowest BCUT2D eigenvalue weighted by Crippen LogP contribution is -2.17. The molecule has 0 fully saturated rings. The highest BCUT2D eigenvalue weighted by Gasteiger charge is 2.06. The minimum absolute atomic E-state index is 0.294. The SMILES string of the molecule is CCCCOc1ccc(/C=N\NC(=O)c2ccc[nH]2)cc1OC. The first-order chi connectivity index (χ1) is 11.2. The first-order valence-electron chi connectivity index (χ1n) is 7.52. The molecule has 0 saturated heterocycles. The predicted molar refractivity (Wildman–Crippen MR) is 89.2 cm³/mol. The number of aromatic amines is 1. The van der Waals surface area contributed by atoms with E-state index in [9.17, 15) is 4.79 Å². The van der Waals surface area contributed by atoms with E-state index < -0.39 is 0 Å². The van der Waals surface area contributed by atoms with Crippen molar-refractivity contribution < 1.29 is 14.3 Å². The molecule has 6 nitrogen and oxygen atoms in total. The van der Waals surface area contributed by atoms with Crippen molar-refractivity contribution in [2.75, 3.05) is 13.7 Å². The van der Waals surface area contributed by atoms with Gasteiger partial charge >= 0.3 is 0 Å². The lowest BCUT2D eigenvalue weighted by Gasteiger charge is -2.10. The van der Waals surface area contributed by atoms with Gasteiger partial charge in [0.05, 0.1) is 19.9 Å². The van der Waals surface area contributed by atoms with Gasteiger partial charge in [-0.2, -0.15) is 5.10 Å². The van der Waals surface area contributed by atoms with Crippen LogP contribution in [0.2, 0.25) is 0 Å². The van der Waals surface area contributed by atoms with E-state index in [4.69, 9.17) is 9.47 Å². The van der Waals surface area contributed by atoms with Gasteiger partial charge in [0.15, 0.2) is 11.5 Å². The zero-order valence-electron chi connectivity index (χ0n) is 13.3. The Morgan fingerprint density at radius 2 is 2.22 bits per heavy atom. The molecule has 23 heavy (non-hydrogen) atoms. The number of unbranched alkanes of at least 4 members (excludes halogenated alkanes) is 1. The molecule has 0 aliphatic rings. The van der Waals surface area contributed by atoms with Gasteiger partial charge in [0, 0.05) is 6.20 Å². The van der Waals surface area contributed by atoms with E-state index in [1.54, 1.807) is 31.7 Å². The molecule has 6 heteroatoms. The number of ether oxygens (including phenoxy) is 2. The van der Waals surface area contributed by atoms with Crippen LogP contribution in [0.1, 0.15) is 35.8 Å². The molecule has 2 aromatic rings. The topological polar surface area (TPSA) is 75.7 Å². The summed E-state index contributed by atoms with van der Waals surface area (Å²) >= 11 is 0. The van der Waals surface area contributed by atoms with Crippen LogP contribution in [0.25, 0.3) is 0 Å². The number of carbonyl (C=O) groups is 1. The standard InChI is InChI=1S/C17H21N3O3/c1-3-4-10-23-15-8-7-13(11-16(15)22-2)12-19-20-17(21)14-6-5-9-18-14/h5-9,11-12,18H,3-4,10H2,1-2H3,(H,20,21)/b19-12-. The first-order valence-corrected chi connectivity index (χ1v) is 7.52. The molecule has 0 radical (unpaired) electrons. The molecule has 0 bridgehead atoms. The van der Waals surface area contributed by atoms with Crippen LogP contribution in [-0.2, 0) is 0 Å². The van der Waals surface area contributed by atoms with E-state index in [0.717, 1.165) is 18.4 Å². The predicted octanol–water partition coefficient (Wildman–Crippen LogP) is 2.97. The maximum Gasteiger partial charge on any atom is 0.287 e. The number of nitrogens with zero attached hydrogens (tertiary/aromatic N) is 1. The van der Waals surface area contributed by atoms with Crippen molar-refractivity contribution >= 4 is 12.1 Å². The fourth-order valence-corrected chi connectivity index (χ4v) is 1.91. The van der Waals surface area contributed by atoms with Gasteiger partial charge < -0.3 is 14.5 Å². The Labute approximate surface area is 135 Å². The smallest absolute Gasteiger partial charge is 0.287 e. The Morgan fingerprint density at radius 3 is 2.91 bits per heavy atom. The Bertz CT molecular complexity index is 651. The molecular formula is C17H21N3O3. The van der Waals surface area contributed by atoms with Crippen LogP contribution in [0.15, 0.2) is 41.6 Å². The average molecular weight is 315 g/mol. The number of aromatic nitrogens is 1. The maximum absolute atomic E-state index is 11.7. The van der Waals surface area contributed by atoms with Gasteiger partial charge in [0.25, 0.3) is 5.91 Å². The van der Waals surface area contributed by atoms with Gasteiger partial charge in [-0.1, -0.05) is 13.3 Å². The summed E-state index contributed by atoms with van der Waals surface area (Å²) < 4.78 is 11.0. The average Bonchev–Trinajstić information content (AvgIpc) is 3.10. The van der Waals surface area contributed by atoms with Crippen molar-refractivity contribution in [1.82, 2.24) is 10.4 Å². The quantitative estimate of drug-likeness (QED) is 0.447. The van der Waals surface area contributed by atoms with E-state index in [1.807, 2.05) is 18.2 Å². The summed E-state index contributed by atoms with van der Waals surface area (Å²) in [5.41, 5.74) is 3.71. The summed E-state index contributed by atoms with van der Waals surface area (Å²) in [7, 11) is 1.59. The number of hydrogen-bond donors (Lipinski definition) is 2. The van der Waals surface area contributed by atoms with Crippen LogP contribution >= 0.6 is 0 Å². The van der Waals surface area contributed by atoms with Gasteiger partial charge in [0.2, 0.25) is 0 Å². The van der Waals surface area contributed by atoms with Crippen molar-refractivity contribution in [3.8, 4) is 11.5 Å². The van der Waals surface area contributed by atoms with E-state index in [-0.39, 0.29) is 5.91 Å². The third kappa shape index (κ3) is 4.88. The second-order valence-corrected chi connectivity index (χ2v) is 4.90. The summed E-state index contributed by atoms with van der Waals surface area (Å²) in [6.07, 6.45) is 5.31. The number of methoxy groups -OCH3 is 1. The molecule has 2 rings (SSSR count). The zero-order chi connectivity index (χ0) is 16.5.